The summed E-state index contributed by atoms with van der Waals surface area (Å²) >= 11 is 5.70. The summed E-state index contributed by atoms with van der Waals surface area (Å²) in [7, 11) is 0. The molecule has 0 saturated carbocycles. The maximum atomic E-state index is 13.8. The first-order valence-electron chi connectivity index (χ1n) is 12.3. The van der Waals surface area contributed by atoms with Crippen molar-refractivity contribution in [3.8, 4) is 16.9 Å². The van der Waals surface area contributed by atoms with Crippen LogP contribution < -0.4 is 9.64 Å². The van der Waals surface area contributed by atoms with Crippen LogP contribution in [0.25, 0.3) is 16.0 Å². The van der Waals surface area contributed by atoms with Gasteiger partial charge in [-0.15, -0.1) is 0 Å². The highest BCUT2D eigenvalue weighted by atomic mass is 32.1. The Morgan fingerprint density at radius 1 is 1.08 bits per heavy atom. The molecule has 2 heterocycles. The Balaban J connectivity index is 1.47. The maximum Gasteiger partial charge on any atom is 0.417 e. The van der Waals surface area contributed by atoms with E-state index in [9.17, 15) is 18.0 Å². The van der Waals surface area contributed by atoms with E-state index >= 15 is 0 Å². The predicted octanol–water partition coefficient (Wildman–Crippen LogP) is 7.12. The lowest BCUT2D eigenvalue weighted by Gasteiger charge is -2.29. The third-order valence-corrected chi connectivity index (χ3v) is 7.40. The van der Waals surface area contributed by atoms with Crippen molar-refractivity contribution in [1.29, 1.82) is 0 Å². The Hall–Kier alpha value is -3.97. The van der Waals surface area contributed by atoms with Crippen molar-refractivity contribution in [2.75, 3.05) is 18.1 Å². The standard InChI is InChI=1S/C29H27F3N4O2S/c1-18-19(2)25(10-9-24(18)33-5)36-26(37)28(3,4)35(27(36)39)15-6-16-38-21-7-8-22(20-11-13-34-14-12-20)23(17-21)29(30,31)32/h7-14,17H,6,15-16H2,1-4H3. The van der Waals surface area contributed by atoms with E-state index in [1.807, 2.05) is 13.8 Å². The van der Waals surface area contributed by atoms with E-state index in [0.717, 1.165) is 17.2 Å². The average Bonchev–Trinajstić information content (AvgIpc) is 3.07. The molecule has 0 aliphatic carbocycles. The van der Waals surface area contributed by atoms with Gasteiger partial charge in [0.05, 0.1) is 24.4 Å². The number of hydrogen-bond acceptors (Lipinski definition) is 4. The average molecular weight is 553 g/mol. The molecule has 10 heteroatoms. The van der Waals surface area contributed by atoms with Crippen molar-refractivity contribution in [3.63, 3.8) is 0 Å². The molecule has 0 spiro atoms. The van der Waals surface area contributed by atoms with Crippen LogP contribution in [0, 0.1) is 20.4 Å². The molecule has 1 saturated heterocycles. The summed E-state index contributed by atoms with van der Waals surface area (Å²) in [4.78, 5) is 24.1. The molecular formula is C29H27F3N4O2S. The molecule has 1 aliphatic heterocycles. The molecule has 39 heavy (non-hydrogen) atoms. The number of amides is 1. The molecule has 0 atom stereocenters. The molecule has 1 aromatic heterocycles. The van der Waals surface area contributed by atoms with Crippen LogP contribution in [0.4, 0.5) is 24.5 Å². The van der Waals surface area contributed by atoms with Crippen LogP contribution in [0.3, 0.4) is 0 Å². The van der Waals surface area contributed by atoms with Crippen molar-refractivity contribution in [1.82, 2.24) is 9.88 Å². The number of rotatable bonds is 7. The van der Waals surface area contributed by atoms with Gasteiger partial charge >= 0.3 is 6.18 Å². The Kier molecular flexibility index (Phi) is 7.66. The van der Waals surface area contributed by atoms with Crippen LogP contribution >= 0.6 is 12.2 Å². The summed E-state index contributed by atoms with van der Waals surface area (Å²) in [5, 5.41) is 0.337. The Labute approximate surface area is 230 Å². The van der Waals surface area contributed by atoms with Crippen molar-refractivity contribution < 1.29 is 22.7 Å². The first-order valence-corrected chi connectivity index (χ1v) is 12.7. The number of anilines is 1. The number of aromatic nitrogens is 1. The van der Waals surface area contributed by atoms with Crippen molar-refractivity contribution >= 4 is 34.6 Å². The largest absolute Gasteiger partial charge is 0.494 e. The molecule has 4 rings (SSSR count). The lowest BCUT2D eigenvalue weighted by Crippen LogP contribution is -2.44. The fourth-order valence-electron chi connectivity index (χ4n) is 4.62. The number of halogens is 3. The maximum absolute atomic E-state index is 13.8. The minimum Gasteiger partial charge on any atom is -0.494 e. The molecule has 3 aromatic rings. The molecule has 6 nitrogen and oxygen atoms in total. The van der Waals surface area contributed by atoms with Gasteiger partial charge in [0.2, 0.25) is 0 Å². The van der Waals surface area contributed by atoms with Crippen molar-refractivity contribution in [3.05, 3.63) is 83.0 Å². The van der Waals surface area contributed by atoms with Crippen molar-refractivity contribution in [2.24, 2.45) is 0 Å². The minimum atomic E-state index is -4.56. The lowest BCUT2D eigenvalue weighted by atomic mass is 10.00. The van der Waals surface area contributed by atoms with Crippen molar-refractivity contribution in [2.45, 2.75) is 45.8 Å². The monoisotopic (exact) mass is 552 g/mol. The van der Waals surface area contributed by atoms with Gasteiger partial charge in [-0.3, -0.25) is 14.7 Å². The second-order valence-electron chi connectivity index (χ2n) is 9.74. The number of hydrogen-bond donors (Lipinski definition) is 0. The zero-order valence-corrected chi connectivity index (χ0v) is 22.8. The summed E-state index contributed by atoms with van der Waals surface area (Å²) in [6.07, 6.45) is -1.24. The molecular weight excluding hydrogens is 525 g/mol. The van der Waals surface area contributed by atoms with E-state index in [4.69, 9.17) is 23.5 Å². The summed E-state index contributed by atoms with van der Waals surface area (Å²) in [6.45, 7) is 15.1. The number of carbonyl (C=O) groups is 1. The van der Waals surface area contributed by atoms with Gasteiger partial charge < -0.3 is 9.64 Å². The fourth-order valence-corrected chi connectivity index (χ4v) is 5.12. The first-order chi connectivity index (χ1) is 18.4. The van der Waals surface area contributed by atoms with E-state index in [-0.39, 0.29) is 23.8 Å². The minimum absolute atomic E-state index is 0.0509. The van der Waals surface area contributed by atoms with Crippen LogP contribution in [0.2, 0.25) is 0 Å². The molecule has 1 fully saturated rings. The highest BCUT2D eigenvalue weighted by molar-refractivity contribution is 7.80. The van der Waals surface area contributed by atoms with Gasteiger partial charge in [-0.1, -0.05) is 12.1 Å². The number of pyridine rings is 1. The zero-order chi connectivity index (χ0) is 28.5. The molecule has 0 bridgehead atoms. The summed E-state index contributed by atoms with van der Waals surface area (Å²) in [5.74, 6) is -0.0832. The molecule has 0 N–H and O–H groups in total. The third kappa shape index (κ3) is 5.32. The topological polar surface area (TPSA) is 50.0 Å². The number of thiocarbonyl (C=S) groups is 1. The number of carbonyl (C=O) groups excluding carboxylic acids is 1. The normalized spacial score (nSPS) is 15.0. The van der Waals surface area contributed by atoms with E-state index in [1.54, 1.807) is 30.9 Å². The number of nitrogens with zero attached hydrogens (tertiary/aromatic N) is 4. The molecule has 202 valence electrons. The molecule has 2 aromatic carbocycles. The van der Waals surface area contributed by atoms with E-state index < -0.39 is 17.3 Å². The zero-order valence-electron chi connectivity index (χ0n) is 22.0. The quantitative estimate of drug-likeness (QED) is 0.178. The van der Waals surface area contributed by atoms with E-state index in [2.05, 4.69) is 9.83 Å². The Morgan fingerprint density at radius 2 is 1.77 bits per heavy atom. The first kappa shape index (κ1) is 28.0. The summed E-state index contributed by atoms with van der Waals surface area (Å²) in [6, 6.07) is 10.4. The van der Waals surface area contributed by atoms with Crippen LogP contribution in [0.1, 0.15) is 37.0 Å². The summed E-state index contributed by atoms with van der Waals surface area (Å²) < 4.78 is 47.1. The van der Waals surface area contributed by atoms with Gasteiger partial charge in [0.25, 0.3) is 5.91 Å². The van der Waals surface area contributed by atoms with Crippen LogP contribution in [-0.2, 0) is 11.0 Å². The molecule has 1 amide bonds. The second-order valence-corrected chi connectivity index (χ2v) is 10.1. The van der Waals surface area contributed by atoms with Gasteiger partial charge in [-0.05, 0) is 98.9 Å². The molecule has 0 unspecified atom stereocenters. The van der Waals surface area contributed by atoms with Gasteiger partial charge in [-0.25, -0.2) is 4.85 Å². The molecule has 1 aliphatic rings. The van der Waals surface area contributed by atoms with E-state index in [1.165, 1.54) is 41.6 Å². The predicted molar refractivity (Wildman–Crippen MR) is 148 cm³/mol. The summed E-state index contributed by atoms with van der Waals surface area (Å²) in [5.41, 5.74) is 1.49. The van der Waals surface area contributed by atoms with Gasteiger partial charge in [0.1, 0.15) is 11.3 Å². The fraction of sp³-hybridized carbons (Fsp3) is 0.310. The Bertz CT molecular complexity index is 1470. The number of benzene rings is 2. The molecule has 0 radical (unpaired) electrons. The van der Waals surface area contributed by atoms with E-state index in [0.29, 0.717) is 35.0 Å². The third-order valence-electron chi connectivity index (χ3n) is 7.00. The highest BCUT2D eigenvalue weighted by Crippen LogP contribution is 2.40. The van der Waals surface area contributed by atoms with Crippen LogP contribution in [0.15, 0.2) is 54.9 Å². The van der Waals surface area contributed by atoms with Gasteiger partial charge in [0, 0.05) is 18.9 Å². The number of alkyl halides is 3. The lowest BCUT2D eigenvalue weighted by molar-refractivity contribution is -0.137. The van der Waals surface area contributed by atoms with Gasteiger partial charge in [-0.2, -0.15) is 13.2 Å². The van der Waals surface area contributed by atoms with Crippen LogP contribution in [-0.4, -0.2) is 39.6 Å². The second kappa shape index (κ2) is 10.7. The van der Waals surface area contributed by atoms with Gasteiger partial charge in [0.15, 0.2) is 10.8 Å². The smallest absolute Gasteiger partial charge is 0.417 e. The number of ether oxygens (including phenoxy) is 1. The van der Waals surface area contributed by atoms with Crippen LogP contribution in [0.5, 0.6) is 5.75 Å². The highest BCUT2D eigenvalue weighted by Gasteiger charge is 2.49. The Morgan fingerprint density at radius 3 is 2.41 bits per heavy atom. The SMILES string of the molecule is [C-]#[N+]c1ccc(N2C(=O)C(C)(C)N(CCCOc3ccc(-c4ccncc4)c(C(F)(F)F)c3)C2=S)c(C)c1C.